The molecule has 0 aromatic heterocycles. The molecule has 0 unspecified atom stereocenters. The Bertz CT molecular complexity index is 222. The van der Waals surface area contributed by atoms with Crippen molar-refractivity contribution in [1.82, 2.24) is 10.2 Å². The highest BCUT2D eigenvalue weighted by Gasteiger charge is 2.21. The van der Waals surface area contributed by atoms with E-state index in [1.165, 1.54) is 38.5 Å². The van der Waals surface area contributed by atoms with Crippen molar-refractivity contribution in [2.45, 2.75) is 64.8 Å². The van der Waals surface area contributed by atoms with Gasteiger partial charge in [-0.15, -0.1) is 0 Å². The molecule has 0 bridgehead atoms. The standard InChI is InChI=1S/C14H28N2O/c1-12(2)8-7-11-15-14(17)16(3)13-9-5-4-6-10-13/h12-13H,4-11H2,1-3H3,(H,15,17). The first-order valence-electron chi connectivity index (χ1n) is 7.12. The van der Waals surface area contributed by atoms with Crippen LogP contribution in [0.2, 0.25) is 0 Å². The Kier molecular flexibility index (Phi) is 6.38. The highest BCUT2D eigenvalue weighted by Crippen LogP contribution is 2.21. The van der Waals surface area contributed by atoms with Crippen molar-refractivity contribution >= 4 is 6.03 Å². The topological polar surface area (TPSA) is 32.3 Å². The zero-order valence-corrected chi connectivity index (χ0v) is 11.7. The van der Waals surface area contributed by atoms with Gasteiger partial charge < -0.3 is 10.2 Å². The summed E-state index contributed by atoms with van der Waals surface area (Å²) in [5.74, 6) is 0.725. The maximum Gasteiger partial charge on any atom is 0.317 e. The van der Waals surface area contributed by atoms with E-state index in [1.54, 1.807) is 0 Å². The van der Waals surface area contributed by atoms with Gasteiger partial charge in [0.05, 0.1) is 0 Å². The van der Waals surface area contributed by atoms with E-state index in [1.807, 2.05) is 11.9 Å². The predicted molar refractivity (Wildman–Crippen MR) is 72.1 cm³/mol. The summed E-state index contributed by atoms with van der Waals surface area (Å²) in [7, 11) is 1.94. The molecule has 1 fully saturated rings. The van der Waals surface area contributed by atoms with Gasteiger partial charge in [0.15, 0.2) is 0 Å². The number of hydrogen-bond donors (Lipinski definition) is 1. The lowest BCUT2D eigenvalue weighted by Crippen LogP contribution is -2.44. The molecule has 3 heteroatoms. The van der Waals surface area contributed by atoms with Crippen molar-refractivity contribution in [3.8, 4) is 0 Å². The number of amides is 2. The van der Waals surface area contributed by atoms with Gasteiger partial charge >= 0.3 is 6.03 Å². The van der Waals surface area contributed by atoms with Crippen LogP contribution in [0.25, 0.3) is 0 Å². The number of rotatable bonds is 5. The molecule has 1 N–H and O–H groups in total. The molecule has 1 rings (SSSR count). The Balaban J connectivity index is 2.17. The first-order chi connectivity index (χ1) is 8.11. The summed E-state index contributed by atoms with van der Waals surface area (Å²) in [5.41, 5.74) is 0. The summed E-state index contributed by atoms with van der Waals surface area (Å²) in [6.07, 6.45) is 8.51. The van der Waals surface area contributed by atoms with Gasteiger partial charge in [0.25, 0.3) is 0 Å². The van der Waals surface area contributed by atoms with Gasteiger partial charge in [0, 0.05) is 19.6 Å². The zero-order valence-electron chi connectivity index (χ0n) is 11.7. The van der Waals surface area contributed by atoms with E-state index < -0.39 is 0 Å². The molecule has 1 aliphatic carbocycles. The number of nitrogens with zero attached hydrogens (tertiary/aromatic N) is 1. The molecule has 17 heavy (non-hydrogen) atoms. The maximum absolute atomic E-state index is 11.9. The van der Waals surface area contributed by atoms with Crippen molar-refractivity contribution in [2.75, 3.05) is 13.6 Å². The summed E-state index contributed by atoms with van der Waals surface area (Å²) in [4.78, 5) is 13.8. The molecule has 0 aromatic carbocycles. The average Bonchev–Trinajstić information content (AvgIpc) is 2.34. The highest BCUT2D eigenvalue weighted by molar-refractivity contribution is 5.74. The molecule has 0 radical (unpaired) electrons. The van der Waals surface area contributed by atoms with Crippen LogP contribution in [0.4, 0.5) is 4.79 Å². The number of nitrogens with one attached hydrogen (secondary N) is 1. The third-order valence-electron chi connectivity index (χ3n) is 3.68. The van der Waals surface area contributed by atoms with E-state index in [0.717, 1.165) is 18.9 Å². The second-order valence-electron chi connectivity index (χ2n) is 5.67. The highest BCUT2D eigenvalue weighted by atomic mass is 16.2. The van der Waals surface area contributed by atoms with Crippen LogP contribution >= 0.6 is 0 Å². The molecular weight excluding hydrogens is 212 g/mol. The fourth-order valence-electron chi connectivity index (χ4n) is 2.46. The lowest BCUT2D eigenvalue weighted by Gasteiger charge is -2.31. The van der Waals surface area contributed by atoms with Crippen molar-refractivity contribution < 1.29 is 4.79 Å². The minimum Gasteiger partial charge on any atom is -0.338 e. The molecule has 1 saturated carbocycles. The second-order valence-corrected chi connectivity index (χ2v) is 5.67. The largest absolute Gasteiger partial charge is 0.338 e. The molecular formula is C14H28N2O. The summed E-state index contributed by atoms with van der Waals surface area (Å²) in [6.45, 7) is 5.25. The van der Waals surface area contributed by atoms with Gasteiger partial charge in [-0.3, -0.25) is 0 Å². The predicted octanol–water partition coefficient (Wildman–Crippen LogP) is 3.40. The maximum atomic E-state index is 11.9. The zero-order chi connectivity index (χ0) is 12.7. The van der Waals surface area contributed by atoms with Crippen LogP contribution < -0.4 is 5.32 Å². The van der Waals surface area contributed by atoms with Crippen LogP contribution in [0, 0.1) is 5.92 Å². The SMILES string of the molecule is CC(C)CCCNC(=O)N(C)C1CCCCC1. The number of hydrogen-bond acceptors (Lipinski definition) is 1. The molecule has 0 aromatic rings. The lowest BCUT2D eigenvalue weighted by molar-refractivity contribution is 0.173. The molecule has 0 spiro atoms. The van der Waals surface area contributed by atoms with Crippen molar-refractivity contribution in [3.63, 3.8) is 0 Å². The van der Waals surface area contributed by atoms with E-state index in [9.17, 15) is 4.79 Å². The molecule has 2 amide bonds. The van der Waals surface area contributed by atoms with Crippen molar-refractivity contribution in [3.05, 3.63) is 0 Å². The third-order valence-corrected chi connectivity index (χ3v) is 3.68. The van der Waals surface area contributed by atoms with Crippen LogP contribution in [0.1, 0.15) is 58.8 Å². The Hall–Kier alpha value is -0.730. The summed E-state index contributed by atoms with van der Waals surface area (Å²) in [6, 6.07) is 0.578. The van der Waals surface area contributed by atoms with E-state index in [4.69, 9.17) is 0 Å². The molecule has 3 nitrogen and oxygen atoms in total. The normalized spacial score (nSPS) is 17.2. The van der Waals surface area contributed by atoms with Gasteiger partial charge in [0.1, 0.15) is 0 Å². The van der Waals surface area contributed by atoms with Crippen LogP contribution in [0.3, 0.4) is 0 Å². The van der Waals surface area contributed by atoms with Crippen LogP contribution in [0.15, 0.2) is 0 Å². The van der Waals surface area contributed by atoms with Gasteiger partial charge in [-0.1, -0.05) is 33.1 Å². The van der Waals surface area contributed by atoms with Crippen LogP contribution in [-0.4, -0.2) is 30.6 Å². The quantitative estimate of drug-likeness (QED) is 0.734. The Labute approximate surface area is 106 Å². The molecule has 0 atom stereocenters. The lowest BCUT2D eigenvalue weighted by atomic mass is 9.95. The first-order valence-corrected chi connectivity index (χ1v) is 7.12. The average molecular weight is 240 g/mol. The van der Waals surface area contributed by atoms with Gasteiger partial charge in [0.2, 0.25) is 0 Å². The number of carbonyl (C=O) groups excluding carboxylic acids is 1. The smallest absolute Gasteiger partial charge is 0.317 e. The fraction of sp³-hybridized carbons (Fsp3) is 0.929. The number of urea groups is 1. The van der Waals surface area contributed by atoms with Crippen molar-refractivity contribution in [2.24, 2.45) is 5.92 Å². The molecule has 0 heterocycles. The molecule has 0 aliphatic heterocycles. The monoisotopic (exact) mass is 240 g/mol. The van der Waals surface area contributed by atoms with E-state index in [0.29, 0.717) is 6.04 Å². The van der Waals surface area contributed by atoms with E-state index >= 15 is 0 Å². The minimum atomic E-state index is 0.112. The Morgan fingerprint density at radius 1 is 1.29 bits per heavy atom. The summed E-state index contributed by atoms with van der Waals surface area (Å²) >= 11 is 0. The van der Waals surface area contributed by atoms with Crippen LogP contribution in [0.5, 0.6) is 0 Å². The molecule has 0 saturated heterocycles. The molecule has 100 valence electrons. The Morgan fingerprint density at radius 3 is 2.53 bits per heavy atom. The Morgan fingerprint density at radius 2 is 1.94 bits per heavy atom. The van der Waals surface area contributed by atoms with Crippen LogP contribution in [-0.2, 0) is 0 Å². The summed E-state index contributed by atoms with van der Waals surface area (Å²) < 4.78 is 0. The second kappa shape index (κ2) is 7.57. The van der Waals surface area contributed by atoms with E-state index in [-0.39, 0.29) is 6.03 Å². The van der Waals surface area contributed by atoms with Gasteiger partial charge in [-0.05, 0) is 31.6 Å². The number of carbonyl (C=O) groups is 1. The third kappa shape index (κ3) is 5.42. The molecule has 1 aliphatic rings. The van der Waals surface area contributed by atoms with Crippen molar-refractivity contribution in [1.29, 1.82) is 0 Å². The fourth-order valence-corrected chi connectivity index (χ4v) is 2.46. The van der Waals surface area contributed by atoms with Gasteiger partial charge in [-0.25, -0.2) is 4.79 Å². The van der Waals surface area contributed by atoms with E-state index in [2.05, 4.69) is 19.2 Å². The van der Waals surface area contributed by atoms with Gasteiger partial charge in [-0.2, -0.15) is 0 Å². The first kappa shape index (κ1) is 14.3. The summed E-state index contributed by atoms with van der Waals surface area (Å²) in [5, 5.41) is 3.02. The minimum absolute atomic E-state index is 0.112.